The van der Waals surface area contributed by atoms with Crippen LogP contribution >= 0.6 is 0 Å². The van der Waals surface area contributed by atoms with Crippen LogP contribution in [0.15, 0.2) is 34.2 Å². The molecule has 0 fully saturated rings. The number of hydrogen-bond acceptors (Lipinski definition) is 9. The molecule has 0 saturated carbocycles. The molecule has 0 radical (unpaired) electrons. The second-order valence-electron chi connectivity index (χ2n) is 13.5. The second kappa shape index (κ2) is 14.2. The zero-order valence-electron chi connectivity index (χ0n) is 28.3. The number of aromatic hydroxyl groups is 1. The van der Waals surface area contributed by atoms with Crippen molar-refractivity contribution in [1.29, 1.82) is 0 Å². The summed E-state index contributed by atoms with van der Waals surface area (Å²) in [5.74, 6) is -0.365. The largest absolute Gasteiger partial charge is 0.508 e. The summed E-state index contributed by atoms with van der Waals surface area (Å²) in [6, 6.07) is 3.22. The number of phenols is 1. The highest BCUT2D eigenvalue weighted by Crippen LogP contribution is 2.44. The summed E-state index contributed by atoms with van der Waals surface area (Å²) in [4.78, 5) is 44.4. The first-order valence-electron chi connectivity index (χ1n) is 15.4. The SMILES string of the molecule is Cc1c(C)c(S(=O)(=O)C(=O)[C@H](CCCN=C(N)N)NC(=O)[C@H](Cc2ccc(O)cc2)NC(=O)OC(C)(C)C)c(C)c2c1OC(C)(C)C2. The van der Waals surface area contributed by atoms with E-state index in [0.29, 0.717) is 40.0 Å². The van der Waals surface area contributed by atoms with Gasteiger partial charge in [-0.25, -0.2) is 13.2 Å². The molecule has 47 heavy (non-hydrogen) atoms. The molecule has 0 saturated heterocycles. The molecule has 2 aromatic carbocycles. The maximum absolute atomic E-state index is 14.2. The van der Waals surface area contributed by atoms with Gasteiger partial charge in [-0.2, -0.15) is 0 Å². The number of nitrogens with two attached hydrogens (primary N) is 2. The van der Waals surface area contributed by atoms with E-state index in [4.69, 9.17) is 20.9 Å². The van der Waals surface area contributed by atoms with Crippen LogP contribution in [0, 0.1) is 20.8 Å². The highest BCUT2D eigenvalue weighted by atomic mass is 32.2. The van der Waals surface area contributed by atoms with E-state index in [0.717, 1.165) is 0 Å². The van der Waals surface area contributed by atoms with Crippen LogP contribution in [0.3, 0.4) is 0 Å². The summed E-state index contributed by atoms with van der Waals surface area (Å²) in [7, 11) is -4.65. The van der Waals surface area contributed by atoms with Crippen molar-refractivity contribution in [3.05, 3.63) is 52.1 Å². The van der Waals surface area contributed by atoms with Gasteiger partial charge in [0.1, 0.15) is 34.8 Å². The monoisotopic (exact) mass is 673 g/mol. The Kier molecular flexibility index (Phi) is 11.2. The van der Waals surface area contributed by atoms with Crippen LogP contribution in [0.1, 0.15) is 75.3 Å². The van der Waals surface area contributed by atoms with E-state index < -0.39 is 50.2 Å². The molecule has 0 unspecified atom stereocenters. The smallest absolute Gasteiger partial charge is 0.408 e. The van der Waals surface area contributed by atoms with Gasteiger partial charge in [-0.1, -0.05) is 12.1 Å². The predicted octanol–water partition coefficient (Wildman–Crippen LogP) is 3.01. The zero-order valence-corrected chi connectivity index (χ0v) is 29.1. The number of carbonyl (C=O) groups excluding carboxylic acids is 3. The Morgan fingerprint density at radius 3 is 2.21 bits per heavy atom. The Balaban J connectivity index is 2.01. The fourth-order valence-corrected chi connectivity index (χ4v) is 7.32. The number of hydrogen-bond donors (Lipinski definition) is 5. The Morgan fingerprint density at radius 1 is 1.02 bits per heavy atom. The number of fused-ring (bicyclic) bond motifs is 1. The van der Waals surface area contributed by atoms with E-state index in [1.807, 2.05) is 13.8 Å². The molecule has 0 bridgehead atoms. The summed E-state index contributed by atoms with van der Waals surface area (Å²) in [5, 5.41) is 13.6. The molecule has 1 aliphatic rings. The Hall–Kier alpha value is -4.33. The van der Waals surface area contributed by atoms with Crippen LogP contribution in [0.5, 0.6) is 11.5 Å². The fraction of sp³-hybridized carbons (Fsp3) is 0.515. The maximum Gasteiger partial charge on any atom is 0.408 e. The van der Waals surface area contributed by atoms with Gasteiger partial charge in [0.25, 0.3) is 5.12 Å². The molecule has 1 heterocycles. The molecule has 3 rings (SSSR count). The summed E-state index contributed by atoms with van der Waals surface area (Å²) >= 11 is 0. The third kappa shape index (κ3) is 9.37. The molecule has 13 nitrogen and oxygen atoms in total. The second-order valence-corrected chi connectivity index (χ2v) is 15.3. The molecule has 2 amide bonds. The lowest BCUT2D eigenvalue weighted by molar-refractivity contribution is -0.126. The number of phenolic OH excluding ortho intramolecular Hbond substituents is 1. The molecule has 258 valence electrons. The number of rotatable bonds is 11. The van der Waals surface area contributed by atoms with Crippen molar-refractivity contribution in [3.63, 3.8) is 0 Å². The highest BCUT2D eigenvalue weighted by molar-refractivity contribution is 8.06. The number of nitrogens with one attached hydrogen (secondary N) is 2. The van der Waals surface area contributed by atoms with Gasteiger partial charge in [0.2, 0.25) is 15.7 Å². The average molecular weight is 674 g/mol. The third-order valence-electron chi connectivity index (χ3n) is 7.76. The molecule has 7 N–H and O–H groups in total. The van der Waals surface area contributed by atoms with Gasteiger partial charge < -0.3 is 36.7 Å². The topological polar surface area (TPSA) is 212 Å². The molecule has 0 aliphatic carbocycles. The van der Waals surface area contributed by atoms with E-state index in [2.05, 4.69) is 15.6 Å². The van der Waals surface area contributed by atoms with Crippen LogP contribution in [0.2, 0.25) is 0 Å². The van der Waals surface area contributed by atoms with Crippen molar-refractivity contribution in [2.75, 3.05) is 6.54 Å². The number of ether oxygens (including phenoxy) is 2. The zero-order chi connectivity index (χ0) is 35.5. The van der Waals surface area contributed by atoms with Gasteiger partial charge in [0.05, 0.1) is 4.90 Å². The first-order valence-corrected chi connectivity index (χ1v) is 16.8. The van der Waals surface area contributed by atoms with Crippen LogP contribution in [0.25, 0.3) is 0 Å². The number of benzene rings is 2. The van der Waals surface area contributed by atoms with Gasteiger partial charge >= 0.3 is 6.09 Å². The number of aliphatic imine (C=N–C) groups is 1. The molecular weight excluding hydrogens is 626 g/mol. The maximum atomic E-state index is 14.2. The Morgan fingerprint density at radius 2 is 1.64 bits per heavy atom. The van der Waals surface area contributed by atoms with E-state index in [-0.39, 0.29) is 42.4 Å². The van der Waals surface area contributed by atoms with Crippen LogP contribution in [-0.2, 0) is 37.0 Å². The summed E-state index contributed by atoms with van der Waals surface area (Å²) in [6.45, 7) is 13.9. The van der Waals surface area contributed by atoms with Crippen molar-refractivity contribution in [2.45, 2.75) is 109 Å². The van der Waals surface area contributed by atoms with Gasteiger partial charge in [-0.3, -0.25) is 14.6 Å². The summed E-state index contributed by atoms with van der Waals surface area (Å²) in [6.07, 6.45) is -0.429. The summed E-state index contributed by atoms with van der Waals surface area (Å²) in [5.41, 5.74) is 12.2. The van der Waals surface area contributed by atoms with Gasteiger partial charge in [-0.15, -0.1) is 0 Å². The number of nitrogens with zero attached hydrogens (tertiary/aromatic N) is 1. The summed E-state index contributed by atoms with van der Waals surface area (Å²) < 4.78 is 39.8. The first-order chi connectivity index (χ1) is 21.6. The van der Waals surface area contributed by atoms with E-state index in [1.165, 1.54) is 12.1 Å². The number of alkyl carbamates (subject to hydrolysis) is 1. The quantitative estimate of drug-likeness (QED) is 0.134. The van der Waals surface area contributed by atoms with Gasteiger partial charge in [0.15, 0.2) is 5.96 Å². The minimum atomic E-state index is -4.65. The van der Waals surface area contributed by atoms with Crippen molar-refractivity contribution in [3.8, 4) is 11.5 Å². The first kappa shape index (κ1) is 37.1. The van der Waals surface area contributed by atoms with E-state index in [1.54, 1.807) is 53.7 Å². The average Bonchev–Trinajstić information content (AvgIpc) is 3.28. The predicted molar refractivity (Wildman–Crippen MR) is 178 cm³/mol. The van der Waals surface area contributed by atoms with Crippen molar-refractivity contribution < 1.29 is 37.4 Å². The Labute approximate surface area is 276 Å². The number of carbonyl (C=O) groups is 3. The molecule has 0 aromatic heterocycles. The van der Waals surface area contributed by atoms with Crippen LogP contribution in [-0.4, -0.2) is 66.4 Å². The van der Waals surface area contributed by atoms with E-state index in [9.17, 15) is 27.9 Å². The Bertz CT molecular complexity index is 1660. The molecule has 2 atom stereocenters. The molecular formula is C33H47N5O8S. The van der Waals surface area contributed by atoms with Gasteiger partial charge in [-0.05, 0) is 103 Å². The van der Waals surface area contributed by atoms with Crippen LogP contribution < -0.4 is 26.8 Å². The lowest BCUT2D eigenvalue weighted by Gasteiger charge is -2.25. The molecule has 14 heteroatoms. The highest BCUT2D eigenvalue weighted by Gasteiger charge is 2.41. The molecule has 0 spiro atoms. The van der Waals surface area contributed by atoms with Crippen molar-refractivity contribution in [2.24, 2.45) is 16.5 Å². The lowest BCUT2D eigenvalue weighted by atomic mass is 9.94. The number of amides is 2. The van der Waals surface area contributed by atoms with Crippen LogP contribution in [0.4, 0.5) is 4.79 Å². The lowest BCUT2D eigenvalue weighted by Crippen LogP contribution is -2.54. The van der Waals surface area contributed by atoms with E-state index >= 15 is 0 Å². The molecule has 2 aromatic rings. The standard InChI is InChI=1S/C33H47N5O8S/c1-18-19(2)27(20(3)23-17-33(7,8)45-26(18)23)47(43,44)29(41)24(10-9-15-36-30(34)35)37-28(40)25(38-31(42)46-32(4,5)6)16-21-11-13-22(39)14-12-21/h11-14,24-25,39H,9-10,15-17H2,1-8H3,(H,37,40)(H,38,42)(H4,34,35,36)/t24-,25-/m0/s1. The normalized spacial score (nSPS) is 15.1. The van der Waals surface area contributed by atoms with Crippen molar-refractivity contribution >= 4 is 32.9 Å². The molecule has 1 aliphatic heterocycles. The number of guanidine groups is 1. The van der Waals surface area contributed by atoms with Crippen molar-refractivity contribution in [1.82, 2.24) is 10.6 Å². The van der Waals surface area contributed by atoms with Gasteiger partial charge in [0, 0.05) is 24.9 Å². The third-order valence-corrected chi connectivity index (χ3v) is 9.72. The minimum absolute atomic E-state index is 0.00833. The minimum Gasteiger partial charge on any atom is -0.508 e. The number of sulfone groups is 1. The fourth-order valence-electron chi connectivity index (χ4n) is 5.49.